The lowest BCUT2D eigenvalue weighted by Crippen LogP contribution is -2.42. The summed E-state index contributed by atoms with van der Waals surface area (Å²) < 4.78 is 5.34. The van der Waals surface area contributed by atoms with Crippen LogP contribution in [0.25, 0.3) is 0 Å². The van der Waals surface area contributed by atoms with Gasteiger partial charge in [-0.3, -0.25) is 4.79 Å². The first-order valence-corrected chi connectivity index (χ1v) is 5.88. The molecule has 5 heteroatoms. The summed E-state index contributed by atoms with van der Waals surface area (Å²) >= 11 is 0. The van der Waals surface area contributed by atoms with Gasteiger partial charge in [0.15, 0.2) is 0 Å². The lowest BCUT2D eigenvalue weighted by atomic mass is 10.0. The van der Waals surface area contributed by atoms with Crippen LogP contribution >= 0.6 is 0 Å². The quantitative estimate of drug-likeness (QED) is 0.816. The smallest absolute Gasteiger partial charge is 0.237 e. The zero-order valence-electron chi connectivity index (χ0n) is 10.9. The van der Waals surface area contributed by atoms with Crippen LogP contribution in [-0.2, 0) is 4.79 Å². The first-order chi connectivity index (χ1) is 7.90. The van der Waals surface area contributed by atoms with Crippen molar-refractivity contribution in [2.24, 2.45) is 11.7 Å². The first-order valence-electron chi connectivity index (χ1n) is 5.88. The molecule has 0 bridgehead atoms. The van der Waals surface area contributed by atoms with Crippen LogP contribution in [0, 0.1) is 12.8 Å². The van der Waals surface area contributed by atoms with Crippen molar-refractivity contribution in [3.05, 3.63) is 17.8 Å². The fraction of sp³-hybridized carbons (Fsp3) is 0.667. The van der Waals surface area contributed by atoms with Crippen molar-refractivity contribution in [2.45, 2.75) is 46.2 Å². The second-order valence-corrected chi connectivity index (χ2v) is 4.78. The lowest BCUT2D eigenvalue weighted by Gasteiger charge is -2.16. The van der Waals surface area contributed by atoms with Gasteiger partial charge in [0.2, 0.25) is 11.8 Å². The predicted octanol–water partition coefficient (Wildman–Crippen LogP) is 1.53. The summed E-state index contributed by atoms with van der Waals surface area (Å²) in [6, 6.07) is -0.733. The van der Waals surface area contributed by atoms with Crippen LogP contribution in [0.15, 0.2) is 10.6 Å². The van der Waals surface area contributed by atoms with Crippen LogP contribution in [0.4, 0.5) is 0 Å². The van der Waals surface area contributed by atoms with Crippen LogP contribution in [0.3, 0.4) is 0 Å². The zero-order valence-corrected chi connectivity index (χ0v) is 10.9. The largest absolute Gasteiger partial charge is 0.444 e. The first kappa shape index (κ1) is 13.7. The summed E-state index contributed by atoms with van der Waals surface area (Å²) in [4.78, 5) is 15.8. The Kier molecular flexibility index (Phi) is 4.69. The molecule has 1 amide bonds. The number of aromatic nitrogens is 1. The van der Waals surface area contributed by atoms with Gasteiger partial charge in [-0.1, -0.05) is 13.8 Å². The summed E-state index contributed by atoms with van der Waals surface area (Å²) in [5, 5.41) is 2.79. The van der Waals surface area contributed by atoms with Crippen LogP contribution in [0.2, 0.25) is 0 Å². The molecule has 0 saturated carbocycles. The molecule has 1 aromatic heterocycles. The highest BCUT2D eigenvalue weighted by Crippen LogP contribution is 2.12. The Balaban J connectivity index is 2.51. The van der Waals surface area contributed by atoms with Crippen LogP contribution in [0.1, 0.15) is 44.9 Å². The van der Waals surface area contributed by atoms with E-state index in [4.69, 9.17) is 10.2 Å². The van der Waals surface area contributed by atoms with Gasteiger partial charge in [0.1, 0.15) is 11.8 Å². The molecule has 0 aliphatic carbocycles. The maximum Gasteiger partial charge on any atom is 0.237 e. The molecule has 17 heavy (non-hydrogen) atoms. The van der Waals surface area contributed by atoms with Crippen molar-refractivity contribution in [1.82, 2.24) is 10.3 Å². The van der Waals surface area contributed by atoms with Gasteiger partial charge >= 0.3 is 0 Å². The Hall–Kier alpha value is -1.36. The van der Waals surface area contributed by atoms with E-state index >= 15 is 0 Å². The average molecular weight is 239 g/mol. The van der Waals surface area contributed by atoms with Crippen molar-refractivity contribution in [3.63, 3.8) is 0 Å². The highest BCUT2D eigenvalue weighted by molar-refractivity contribution is 5.81. The number of nitrogens with one attached hydrogen (secondary N) is 1. The van der Waals surface area contributed by atoms with E-state index in [1.54, 1.807) is 6.20 Å². The number of rotatable bonds is 5. The van der Waals surface area contributed by atoms with Crippen LogP contribution in [0.5, 0.6) is 0 Å². The molecule has 0 radical (unpaired) electrons. The number of amides is 1. The standard InChI is InChI=1S/C12H21N3O2/c1-7(2)5-10(13)11(16)15-9(4)12-14-6-8(3)17-12/h6-7,9-10H,5,13H2,1-4H3,(H,15,16). The maximum absolute atomic E-state index is 11.8. The molecule has 1 rings (SSSR count). The highest BCUT2D eigenvalue weighted by Gasteiger charge is 2.19. The number of hydrogen-bond acceptors (Lipinski definition) is 4. The molecule has 0 aliphatic rings. The molecular weight excluding hydrogens is 218 g/mol. The van der Waals surface area contributed by atoms with Crippen LogP contribution in [-0.4, -0.2) is 16.9 Å². The minimum atomic E-state index is -0.478. The minimum Gasteiger partial charge on any atom is -0.444 e. The van der Waals surface area contributed by atoms with E-state index in [0.29, 0.717) is 18.2 Å². The Morgan fingerprint density at radius 2 is 2.18 bits per heavy atom. The monoisotopic (exact) mass is 239 g/mol. The number of oxazole rings is 1. The van der Waals surface area contributed by atoms with Crippen molar-refractivity contribution in [2.75, 3.05) is 0 Å². The second kappa shape index (κ2) is 5.82. The van der Waals surface area contributed by atoms with Crippen molar-refractivity contribution >= 4 is 5.91 Å². The van der Waals surface area contributed by atoms with Crippen molar-refractivity contribution in [3.8, 4) is 0 Å². The van der Waals surface area contributed by atoms with E-state index in [9.17, 15) is 4.79 Å². The molecular formula is C12H21N3O2. The fourth-order valence-corrected chi connectivity index (χ4v) is 1.57. The van der Waals surface area contributed by atoms with Gasteiger partial charge in [-0.25, -0.2) is 4.98 Å². The number of carbonyl (C=O) groups is 1. The minimum absolute atomic E-state index is 0.165. The Labute approximate surface area is 102 Å². The Bertz CT molecular complexity index is 374. The maximum atomic E-state index is 11.8. The molecule has 0 fully saturated rings. The van der Waals surface area contributed by atoms with Crippen molar-refractivity contribution in [1.29, 1.82) is 0 Å². The number of hydrogen-bond donors (Lipinski definition) is 2. The van der Waals surface area contributed by atoms with E-state index < -0.39 is 6.04 Å². The highest BCUT2D eigenvalue weighted by atomic mass is 16.4. The van der Waals surface area contributed by atoms with Gasteiger partial charge < -0.3 is 15.5 Å². The average Bonchev–Trinajstić information content (AvgIpc) is 2.63. The number of carbonyl (C=O) groups excluding carboxylic acids is 1. The second-order valence-electron chi connectivity index (χ2n) is 4.78. The third-order valence-electron chi connectivity index (χ3n) is 2.43. The van der Waals surface area contributed by atoms with Gasteiger partial charge in [0.05, 0.1) is 12.2 Å². The lowest BCUT2D eigenvalue weighted by molar-refractivity contribution is -0.123. The van der Waals surface area contributed by atoms with Gasteiger partial charge in [-0.2, -0.15) is 0 Å². The number of nitrogens with zero attached hydrogens (tertiary/aromatic N) is 1. The third kappa shape index (κ3) is 4.19. The number of nitrogens with two attached hydrogens (primary N) is 1. The van der Waals surface area contributed by atoms with Gasteiger partial charge in [-0.05, 0) is 26.2 Å². The molecule has 96 valence electrons. The zero-order chi connectivity index (χ0) is 13.0. The van der Waals surface area contributed by atoms with Crippen molar-refractivity contribution < 1.29 is 9.21 Å². The van der Waals surface area contributed by atoms with Crippen LogP contribution < -0.4 is 11.1 Å². The van der Waals surface area contributed by atoms with Gasteiger partial charge in [0.25, 0.3) is 0 Å². The molecule has 5 nitrogen and oxygen atoms in total. The summed E-state index contributed by atoms with van der Waals surface area (Å²) in [5.74, 6) is 1.47. The predicted molar refractivity (Wildman–Crippen MR) is 65.2 cm³/mol. The normalized spacial score (nSPS) is 14.7. The molecule has 0 aromatic carbocycles. The molecule has 1 heterocycles. The van der Waals surface area contributed by atoms with E-state index in [-0.39, 0.29) is 11.9 Å². The Morgan fingerprint density at radius 3 is 2.65 bits per heavy atom. The fourth-order valence-electron chi connectivity index (χ4n) is 1.57. The Morgan fingerprint density at radius 1 is 1.53 bits per heavy atom. The molecule has 0 saturated heterocycles. The van der Waals surface area contributed by atoms with Gasteiger partial charge in [-0.15, -0.1) is 0 Å². The van der Waals surface area contributed by atoms with E-state index in [1.807, 2.05) is 27.7 Å². The van der Waals surface area contributed by atoms with E-state index in [0.717, 1.165) is 5.76 Å². The molecule has 2 unspecified atom stereocenters. The summed E-state index contributed by atoms with van der Waals surface area (Å²) in [7, 11) is 0. The molecule has 3 N–H and O–H groups in total. The van der Waals surface area contributed by atoms with E-state index in [2.05, 4.69) is 10.3 Å². The molecule has 2 atom stereocenters. The van der Waals surface area contributed by atoms with E-state index in [1.165, 1.54) is 0 Å². The molecule has 1 aromatic rings. The molecule has 0 aliphatic heterocycles. The third-order valence-corrected chi connectivity index (χ3v) is 2.43. The molecule has 0 spiro atoms. The summed E-state index contributed by atoms with van der Waals surface area (Å²) in [6.45, 7) is 7.71. The van der Waals surface area contributed by atoms with Gasteiger partial charge in [0, 0.05) is 0 Å². The summed E-state index contributed by atoms with van der Waals surface area (Å²) in [5.41, 5.74) is 5.79. The SMILES string of the molecule is Cc1cnc(C(C)NC(=O)C(N)CC(C)C)o1. The number of aryl methyl sites for hydroxylation is 1. The summed E-state index contributed by atoms with van der Waals surface area (Å²) in [6.07, 6.45) is 2.30. The topological polar surface area (TPSA) is 81.2 Å².